The second-order valence-electron chi connectivity index (χ2n) is 1.82. The lowest BCUT2D eigenvalue weighted by Gasteiger charge is -1.89. The van der Waals surface area contributed by atoms with Gasteiger partial charge in [0.15, 0.2) is 0 Å². The highest BCUT2D eigenvalue weighted by Gasteiger charge is 1.88. The van der Waals surface area contributed by atoms with Crippen molar-refractivity contribution >= 4 is 31.9 Å². The Bertz CT molecular complexity index is 198. The Hall–Kier alpha value is -0.0800. The zero-order valence-electron chi connectivity index (χ0n) is 6.35. The summed E-state index contributed by atoms with van der Waals surface area (Å²) in [5.41, 5.74) is 0. The van der Waals surface area contributed by atoms with Crippen LogP contribution in [-0.4, -0.2) is 0 Å². The highest BCUT2D eigenvalue weighted by molar-refractivity contribution is 9.13. The van der Waals surface area contributed by atoms with Crippen LogP contribution in [0.15, 0.2) is 45.9 Å². The molecule has 0 radical (unpaired) electrons. The van der Waals surface area contributed by atoms with Gasteiger partial charge in [0.25, 0.3) is 0 Å². The molecule has 0 aromatic heterocycles. The molecule has 0 spiro atoms. The number of hydrogen-bond acceptors (Lipinski definition) is 0. The molecule has 0 unspecified atom stereocenters. The molecule has 0 aliphatic rings. The van der Waals surface area contributed by atoms with E-state index in [0.717, 1.165) is 8.95 Å². The van der Waals surface area contributed by atoms with Gasteiger partial charge in [0.2, 0.25) is 0 Å². The number of hydrogen-bond donors (Lipinski definition) is 0. The average Bonchev–Trinajstić information content (AvgIpc) is 1.97. The summed E-state index contributed by atoms with van der Waals surface area (Å²) in [5, 5.41) is 0. The first-order chi connectivity index (χ1) is 5.22. The zero-order chi connectivity index (χ0) is 8.69. The van der Waals surface area contributed by atoms with Crippen LogP contribution < -0.4 is 0 Å². The molecule has 11 heavy (non-hydrogen) atoms. The fraction of sp³-hybridized carbons (Fsp3) is 0.111. The van der Waals surface area contributed by atoms with Crippen LogP contribution in [0, 0.1) is 0 Å². The van der Waals surface area contributed by atoms with Crippen molar-refractivity contribution in [1.29, 1.82) is 0 Å². The van der Waals surface area contributed by atoms with Crippen LogP contribution in [0.2, 0.25) is 0 Å². The van der Waals surface area contributed by atoms with Crippen LogP contribution in [-0.2, 0) is 0 Å². The van der Waals surface area contributed by atoms with Crippen LogP contribution in [0.1, 0.15) is 6.92 Å². The Morgan fingerprint density at radius 1 is 1.18 bits per heavy atom. The second kappa shape index (κ2) is 6.62. The van der Waals surface area contributed by atoms with Crippen molar-refractivity contribution in [3.63, 3.8) is 0 Å². The summed E-state index contributed by atoms with van der Waals surface area (Å²) in [7, 11) is 0. The topological polar surface area (TPSA) is 0 Å². The number of rotatable bonds is 0. The van der Waals surface area contributed by atoms with Crippen molar-refractivity contribution in [2.75, 3.05) is 0 Å². The smallest absolute Gasteiger partial charge is 0.0317 e. The lowest BCUT2D eigenvalue weighted by Crippen LogP contribution is -1.63. The molecule has 2 heteroatoms. The second-order valence-corrected chi connectivity index (χ2v) is 3.53. The fourth-order valence-corrected chi connectivity index (χ4v) is 1.01. The third-order valence-corrected chi connectivity index (χ3v) is 2.74. The molecule has 0 aliphatic carbocycles. The fourth-order valence-electron chi connectivity index (χ4n) is 0.439. The lowest BCUT2D eigenvalue weighted by atomic mass is 10.4. The van der Waals surface area contributed by atoms with E-state index in [0.29, 0.717) is 0 Å². The number of allylic oxidation sites excluding steroid dienone is 1. The number of halogens is 2. The van der Waals surface area contributed by atoms with Crippen molar-refractivity contribution in [3.05, 3.63) is 45.9 Å². The molecule has 0 heterocycles. The first-order valence-corrected chi connectivity index (χ1v) is 4.78. The molecule has 0 fully saturated rings. The Morgan fingerprint density at radius 3 is 1.64 bits per heavy atom. The van der Waals surface area contributed by atoms with E-state index in [4.69, 9.17) is 0 Å². The molecular weight excluding hydrogens is 268 g/mol. The van der Waals surface area contributed by atoms with Gasteiger partial charge in [-0.3, -0.25) is 0 Å². The standard InChI is InChI=1S/C6H4Br2.C3H6/c7-5-3-1-2-4-6(5)8;1-3-2/h1-4H;3H,1H2,2H3. The maximum Gasteiger partial charge on any atom is 0.0317 e. The molecule has 0 N–H and O–H groups in total. The Morgan fingerprint density at radius 2 is 1.45 bits per heavy atom. The highest BCUT2D eigenvalue weighted by atomic mass is 79.9. The Kier molecular flexibility index (Phi) is 6.57. The van der Waals surface area contributed by atoms with Gasteiger partial charge in [-0.2, -0.15) is 0 Å². The molecule has 0 atom stereocenters. The summed E-state index contributed by atoms with van der Waals surface area (Å²) in [5.74, 6) is 0. The molecular formula is C9H10Br2. The summed E-state index contributed by atoms with van der Waals surface area (Å²) >= 11 is 6.70. The van der Waals surface area contributed by atoms with Crippen molar-refractivity contribution in [1.82, 2.24) is 0 Å². The third-order valence-electron chi connectivity index (χ3n) is 0.824. The molecule has 0 nitrogen and oxygen atoms in total. The van der Waals surface area contributed by atoms with Crippen molar-refractivity contribution in [2.45, 2.75) is 6.92 Å². The van der Waals surface area contributed by atoms with Gasteiger partial charge in [0.1, 0.15) is 0 Å². The van der Waals surface area contributed by atoms with Gasteiger partial charge < -0.3 is 0 Å². The predicted molar refractivity (Wildman–Crippen MR) is 57.7 cm³/mol. The summed E-state index contributed by atoms with van der Waals surface area (Å²) in [6.07, 6.45) is 1.75. The molecule has 0 bridgehead atoms. The summed E-state index contributed by atoms with van der Waals surface area (Å²) in [6.45, 7) is 5.25. The first-order valence-electron chi connectivity index (χ1n) is 3.19. The van der Waals surface area contributed by atoms with E-state index in [9.17, 15) is 0 Å². The zero-order valence-corrected chi connectivity index (χ0v) is 9.52. The summed E-state index contributed by atoms with van der Waals surface area (Å²) in [4.78, 5) is 0. The third kappa shape index (κ3) is 5.22. The van der Waals surface area contributed by atoms with E-state index >= 15 is 0 Å². The van der Waals surface area contributed by atoms with Crippen LogP contribution in [0.25, 0.3) is 0 Å². The number of benzene rings is 1. The quantitative estimate of drug-likeness (QED) is 0.617. The lowest BCUT2D eigenvalue weighted by molar-refractivity contribution is 1.59. The maximum absolute atomic E-state index is 3.36. The molecule has 60 valence electrons. The van der Waals surface area contributed by atoms with Gasteiger partial charge in [-0.25, -0.2) is 0 Å². The minimum absolute atomic E-state index is 1.10. The Balaban J connectivity index is 0.000000292. The van der Waals surface area contributed by atoms with Gasteiger partial charge in [0, 0.05) is 8.95 Å². The normalized spacial score (nSPS) is 7.91. The van der Waals surface area contributed by atoms with Gasteiger partial charge in [-0.05, 0) is 50.9 Å². The van der Waals surface area contributed by atoms with Crippen LogP contribution in [0.3, 0.4) is 0 Å². The van der Waals surface area contributed by atoms with Gasteiger partial charge in [0.05, 0.1) is 0 Å². The summed E-state index contributed by atoms with van der Waals surface area (Å²) in [6, 6.07) is 7.94. The van der Waals surface area contributed by atoms with Crippen molar-refractivity contribution in [3.8, 4) is 0 Å². The SMILES string of the molecule is Brc1ccccc1Br.C=CC. The minimum Gasteiger partial charge on any atom is -0.103 e. The molecule has 0 saturated carbocycles. The molecule has 0 saturated heterocycles. The molecule has 0 aliphatic heterocycles. The van der Waals surface area contributed by atoms with E-state index in [-0.39, 0.29) is 0 Å². The highest BCUT2D eigenvalue weighted by Crippen LogP contribution is 2.20. The minimum atomic E-state index is 1.10. The van der Waals surface area contributed by atoms with Gasteiger partial charge >= 0.3 is 0 Å². The van der Waals surface area contributed by atoms with Crippen molar-refractivity contribution in [2.24, 2.45) is 0 Å². The van der Waals surface area contributed by atoms with Crippen LogP contribution in [0.5, 0.6) is 0 Å². The molecule has 1 aromatic carbocycles. The monoisotopic (exact) mass is 276 g/mol. The average molecular weight is 278 g/mol. The van der Waals surface area contributed by atoms with Crippen LogP contribution in [0.4, 0.5) is 0 Å². The van der Waals surface area contributed by atoms with E-state index < -0.39 is 0 Å². The Labute approximate surface area is 84.6 Å². The maximum atomic E-state index is 3.36. The van der Waals surface area contributed by atoms with E-state index in [1.165, 1.54) is 0 Å². The van der Waals surface area contributed by atoms with E-state index in [1.807, 2.05) is 31.2 Å². The predicted octanol–water partition coefficient (Wildman–Crippen LogP) is 4.40. The largest absolute Gasteiger partial charge is 0.103 e. The first kappa shape index (κ1) is 10.9. The molecule has 1 aromatic rings. The van der Waals surface area contributed by atoms with E-state index in [2.05, 4.69) is 38.4 Å². The van der Waals surface area contributed by atoms with Crippen molar-refractivity contribution < 1.29 is 0 Å². The van der Waals surface area contributed by atoms with Crippen LogP contribution >= 0.6 is 31.9 Å². The summed E-state index contributed by atoms with van der Waals surface area (Å²) < 4.78 is 2.19. The van der Waals surface area contributed by atoms with E-state index in [1.54, 1.807) is 6.08 Å². The molecule has 1 rings (SSSR count). The van der Waals surface area contributed by atoms with Gasteiger partial charge in [-0.15, -0.1) is 6.58 Å². The molecule has 0 amide bonds. The van der Waals surface area contributed by atoms with Gasteiger partial charge in [-0.1, -0.05) is 18.2 Å².